The van der Waals surface area contributed by atoms with Crippen molar-refractivity contribution in [3.8, 4) is 75.5 Å². The minimum atomic E-state index is -0.294. The molecule has 0 spiro atoms. The Hall–Kier alpha value is -17.5. The first-order valence-electron chi connectivity index (χ1n) is 43.7. The molecule has 0 amide bonds. The average molecular weight is 1690 g/mol. The van der Waals surface area contributed by atoms with E-state index in [1.165, 1.54) is 172 Å². The average Bonchev–Trinajstić information content (AvgIpc) is 0.918. The fraction of sp³-hybridized carbons (Fsp3) is 0.113. The number of aromatic nitrogens is 7. The third-order valence-electron chi connectivity index (χ3n) is 25.4. The van der Waals surface area contributed by atoms with E-state index in [1.54, 1.807) is 36.4 Å². The lowest BCUT2D eigenvalue weighted by Gasteiger charge is -2.39. The summed E-state index contributed by atoms with van der Waals surface area (Å²) in [4.78, 5) is 31.8. The van der Waals surface area contributed by atoms with Crippen LogP contribution < -0.4 is 14.7 Å². The highest BCUT2D eigenvalue weighted by atomic mass is 15.2. The van der Waals surface area contributed by atoms with Crippen molar-refractivity contribution in [2.75, 3.05) is 14.7 Å². The maximum absolute atomic E-state index is 9.29. The zero-order valence-corrected chi connectivity index (χ0v) is 73.0. The van der Waals surface area contributed by atoms with Gasteiger partial charge in [0.25, 0.3) is 0 Å². The van der Waals surface area contributed by atoms with Crippen LogP contribution in [-0.2, 0) is 10.8 Å². The molecule has 0 aliphatic heterocycles. The minimum absolute atomic E-state index is 0.00636. The van der Waals surface area contributed by atoms with Crippen molar-refractivity contribution in [2.24, 2.45) is 0 Å². The molecule has 1 saturated carbocycles. The Morgan fingerprint density at radius 3 is 0.977 bits per heavy atom. The summed E-state index contributed by atoms with van der Waals surface area (Å²) in [5.41, 5.74) is 30.2. The van der Waals surface area contributed by atoms with E-state index in [0.717, 1.165) is 17.1 Å². The van der Waals surface area contributed by atoms with Crippen molar-refractivity contribution in [2.45, 2.75) is 84.5 Å². The van der Waals surface area contributed by atoms with Gasteiger partial charge in [0.1, 0.15) is 69.5 Å². The van der Waals surface area contributed by atoms with Crippen molar-refractivity contribution >= 4 is 106 Å². The monoisotopic (exact) mass is 1690 g/mol. The molecule has 21 rings (SSSR count). The lowest BCUT2D eigenvalue weighted by Crippen LogP contribution is -2.30. The maximum Gasteiger partial charge on any atom is 0.177 e. The lowest BCUT2D eigenvalue weighted by atomic mass is 9.65. The van der Waals surface area contributed by atoms with Gasteiger partial charge in [0.05, 0.1) is 11.0 Å². The summed E-state index contributed by atoms with van der Waals surface area (Å²) in [6, 6.07) is 136. The quantitative estimate of drug-likeness (QED) is 0.0921. The first-order valence-corrected chi connectivity index (χ1v) is 43.7. The van der Waals surface area contributed by atoms with Crippen molar-refractivity contribution in [1.29, 1.82) is 31.6 Å². The number of nitriles is 6. The molecule has 0 radical (unpaired) electrons. The number of para-hydroxylation sites is 2. The summed E-state index contributed by atoms with van der Waals surface area (Å²) >= 11 is 0. The van der Waals surface area contributed by atoms with E-state index in [0.29, 0.717) is 0 Å². The van der Waals surface area contributed by atoms with Crippen LogP contribution in [0.4, 0.5) is 51.2 Å². The van der Waals surface area contributed by atoms with Crippen molar-refractivity contribution in [3.05, 3.63) is 418 Å². The Morgan fingerprint density at radius 1 is 0.267 bits per heavy atom. The van der Waals surface area contributed by atoms with E-state index in [2.05, 4.69) is 430 Å². The van der Waals surface area contributed by atoms with Gasteiger partial charge in [0, 0.05) is 78.5 Å². The summed E-state index contributed by atoms with van der Waals surface area (Å²) in [7, 11) is 0. The van der Waals surface area contributed by atoms with E-state index in [4.69, 9.17) is 0 Å². The van der Waals surface area contributed by atoms with Crippen LogP contribution in [0.2, 0.25) is 0 Å². The van der Waals surface area contributed by atoms with Gasteiger partial charge in [0.2, 0.25) is 0 Å². The van der Waals surface area contributed by atoms with E-state index in [1.807, 2.05) is 0 Å². The van der Waals surface area contributed by atoms with Crippen LogP contribution in [0, 0.1) is 95.7 Å². The minimum Gasteiger partial charge on any atom is -0.311 e. The topological polar surface area (TPSA) is 235 Å². The highest BCUT2D eigenvalue weighted by molar-refractivity contribution is 6.18. The molecule has 1 fully saturated rings. The highest BCUT2D eigenvalue weighted by Crippen LogP contribution is 2.52. The molecule has 2 aliphatic carbocycles. The predicted octanol–water partition coefficient (Wildman–Crippen LogP) is 27.8. The number of aryl methyl sites for hydroxylation is 4. The van der Waals surface area contributed by atoms with Gasteiger partial charge >= 0.3 is 0 Å². The van der Waals surface area contributed by atoms with Gasteiger partial charge in [-0.3, -0.25) is 0 Å². The van der Waals surface area contributed by atoms with Crippen LogP contribution in [0.3, 0.4) is 0 Å². The number of hydrogen-bond donors (Lipinski definition) is 0. The van der Waals surface area contributed by atoms with E-state index < -0.39 is 0 Å². The molecular weight excluding hydrogens is 1610 g/mol. The Labute approximate surface area is 760 Å². The van der Waals surface area contributed by atoms with Crippen LogP contribution in [0.25, 0.3) is 94.0 Å². The Balaban J connectivity index is 0.000000132. The van der Waals surface area contributed by atoms with Gasteiger partial charge < -0.3 is 19.3 Å². The molecule has 15 aromatic carbocycles. The molecule has 19 aromatic rings. The Morgan fingerprint density at radius 2 is 0.573 bits per heavy atom. The SMILES string of the molecule is CC1(C)c2ccccc2-c2ccc(N(c3ccc(-c4ccccc4)cc3)c3ccc(-c4ccc5c(c4)c4ccccc4n5-c4ccccc4)cc3)cc21.Cc1ccc(N(c2ccc(C)cc2)c2ccc(C3(c4ccc(N(c5ccc(C)cc5)c5ccc(C)cc5)cc4)CCCCC3)cc2)cc1.N#Cc1nc2c3nc(C#N)c(C#N)nc3c3nc(C#N)c(C#N)nc3c2nc1C#N. The summed E-state index contributed by atoms with van der Waals surface area (Å²) in [5, 5.41) is 58.2. The number of benzene rings is 15. The molecule has 16 nitrogen and oxygen atoms in total. The molecule has 0 bridgehead atoms. The number of anilines is 9. The highest BCUT2D eigenvalue weighted by Gasteiger charge is 2.38. The molecule has 131 heavy (non-hydrogen) atoms. The van der Waals surface area contributed by atoms with Crippen LogP contribution >= 0.6 is 0 Å². The molecule has 4 heterocycles. The normalized spacial score (nSPS) is 12.6. The third-order valence-corrected chi connectivity index (χ3v) is 25.4. The number of fused-ring (bicyclic) bond motifs is 12. The summed E-state index contributed by atoms with van der Waals surface area (Å²) in [5.74, 6) is 0. The van der Waals surface area contributed by atoms with Gasteiger partial charge in [-0.2, -0.15) is 31.6 Å². The second-order valence-corrected chi connectivity index (χ2v) is 33.9. The first-order chi connectivity index (χ1) is 64.0. The zero-order valence-electron chi connectivity index (χ0n) is 73.0. The fourth-order valence-corrected chi connectivity index (χ4v) is 18.7. The molecule has 4 aromatic heterocycles. The van der Waals surface area contributed by atoms with E-state index >= 15 is 0 Å². The third kappa shape index (κ3) is 15.6. The number of nitrogens with zero attached hydrogens (tertiary/aromatic N) is 16. The molecule has 624 valence electrons. The molecule has 0 atom stereocenters. The summed E-state index contributed by atoms with van der Waals surface area (Å²) < 4.78 is 2.37. The van der Waals surface area contributed by atoms with Crippen LogP contribution in [0.5, 0.6) is 0 Å². The molecule has 0 saturated heterocycles. The van der Waals surface area contributed by atoms with E-state index in [-0.39, 0.29) is 78.1 Å². The van der Waals surface area contributed by atoms with Gasteiger partial charge in [-0.05, 0) is 236 Å². The van der Waals surface area contributed by atoms with E-state index in [9.17, 15) is 31.6 Å². The molecule has 2 aliphatic rings. The summed E-state index contributed by atoms with van der Waals surface area (Å²) in [6.45, 7) is 13.3. The van der Waals surface area contributed by atoms with Crippen molar-refractivity contribution in [1.82, 2.24) is 34.5 Å². The Bertz CT molecular complexity index is 7310. The van der Waals surface area contributed by atoms with Crippen molar-refractivity contribution < 1.29 is 0 Å². The summed E-state index contributed by atoms with van der Waals surface area (Å²) in [6.07, 6.45) is 6.15. The van der Waals surface area contributed by atoms with Crippen LogP contribution in [-0.4, -0.2) is 34.5 Å². The second-order valence-electron chi connectivity index (χ2n) is 33.9. The predicted molar refractivity (Wildman–Crippen MR) is 523 cm³/mol. The number of hydrogen-bond acceptors (Lipinski definition) is 15. The zero-order chi connectivity index (χ0) is 90.0. The molecule has 16 heteroatoms. The largest absolute Gasteiger partial charge is 0.311 e. The standard InChI is InChI=1S/C51H38N2.C46H46N2.C18N12/c1-51(2)47-19-11-9-17-43(47)44-31-30-42(34-48(44)51)52(40-26-21-36(22-27-40)35-13-5-3-6-14-35)41-28-23-37(24-29-41)38-25-32-50-46(33-38)45-18-10-12-20-49(45)53(50)39-15-7-4-8-16-39;1-34-8-20-40(21-9-34)47(41-22-10-35(2)11-23-41)44-28-16-38(17-29-44)46(32-6-5-7-33-46)39-18-30-45(31-19-39)48(42-24-12-36(3)13-25-42)43-26-14-37(4)15-27-43;19-1-7-8(2-20)26-14-13(25-7)15-17(29-10(4-22)9(3-21)27-15)18-16(14)28-11(5-23)12(6-24)30-18/h3-34H,1-2H3;8-31H,5-7,32-33H2,1-4H3;. The van der Waals surface area contributed by atoms with Crippen LogP contribution in [0.1, 0.15) is 125 Å². The van der Waals surface area contributed by atoms with Crippen LogP contribution in [0.15, 0.2) is 340 Å². The maximum atomic E-state index is 9.29. The van der Waals surface area contributed by atoms with Gasteiger partial charge in [-0.25, -0.2) is 29.9 Å². The molecular formula is C115H84N16. The van der Waals surface area contributed by atoms with Gasteiger partial charge in [-0.15, -0.1) is 0 Å². The second kappa shape index (κ2) is 35.1. The molecule has 0 unspecified atom stereocenters. The van der Waals surface area contributed by atoms with Crippen molar-refractivity contribution in [3.63, 3.8) is 0 Å². The lowest BCUT2D eigenvalue weighted by molar-refractivity contribution is 0.346. The Kier molecular flexibility index (Phi) is 22.3. The van der Waals surface area contributed by atoms with Gasteiger partial charge in [0.15, 0.2) is 34.2 Å². The fourth-order valence-electron chi connectivity index (χ4n) is 18.7. The molecule has 0 N–H and O–H groups in total. The smallest absolute Gasteiger partial charge is 0.177 e. The first kappa shape index (κ1) is 83.0. The van der Waals surface area contributed by atoms with Gasteiger partial charge in [-0.1, -0.05) is 256 Å². The number of rotatable bonds is 14.